The van der Waals surface area contributed by atoms with Crippen molar-refractivity contribution in [1.82, 2.24) is 4.90 Å². The molecule has 2 rings (SSSR count). The van der Waals surface area contributed by atoms with Crippen LogP contribution in [0.4, 0.5) is 0 Å². The number of hydrogen-bond donors (Lipinski definition) is 2. The van der Waals surface area contributed by atoms with Gasteiger partial charge in [-0.25, -0.2) is 0 Å². The summed E-state index contributed by atoms with van der Waals surface area (Å²) in [6, 6.07) is 6.57. The largest absolute Gasteiger partial charge is 0.484 e. The standard InChI is InChI=1S/C18H26N2O5/c1-17(2)11-20(9-8-18(17,23)12-24-3)16(22)13-4-6-14(7-5-13)25-10-15(19)21/h4-7,23H,8-12H2,1-3H3,(H2,19,21)/t18-/m1/s1. The Balaban J connectivity index is 2.05. The first-order valence-corrected chi connectivity index (χ1v) is 8.20. The molecule has 0 spiro atoms. The number of ether oxygens (including phenoxy) is 2. The van der Waals surface area contributed by atoms with Gasteiger partial charge in [-0.3, -0.25) is 9.59 Å². The van der Waals surface area contributed by atoms with Crippen molar-refractivity contribution in [3.05, 3.63) is 29.8 Å². The Bertz CT molecular complexity index is 629. The average molecular weight is 350 g/mol. The van der Waals surface area contributed by atoms with Crippen LogP contribution in [0.15, 0.2) is 24.3 Å². The molecule has 1 heterocycles. The van der Waals surface area contributed by atoms with Crippen LogP contribution in [-0.2, 0) is 9.53 Å². The normalized spacial score (nSPS) is 22.5. The molecule has 7 nitrogen and oxygen atoms in total. The van der Waals surface area contributed by atoms with E-state index >= 15 is 0 Å². The van der Waals surface area contributed by atoms with E-state index < -0.39 is 16.9 Å². The van der Waals surface area contributed by atoms with Gasteiger partial charge in [0.15, 0.2) is 6.61 Å². The van der Waals surface area contributed by atoms with Gasteiger partial charge in [0.1, 0.15) is 5.75 Å². The summed E-state index contributed by atoms with van der Waals surface area (Å²) in [6.07, 6.45) is 0.458. The molecule has 0 aliphatic carbocycles. The summed E-state index contributed by atoms with van der Waals surface area (Å²) in [5.74, 6) is -0.183. The van der Waals surface area contributed by atoms with E-state index in [-0.39, 0.29) is 19.1 Å². The fraction of sp³-hybridized carbons (Fsp3) is 0.556. The van der Waals surface area contributed by atoms with Crippen LogP contribution in [0.5, 0.6) is 5.75 Å². The Morgan fingerprint density at radius 1 is 1.28 bits per heavy atom. The van der Waals surface area contributed by atoms with Gasteiger partial charge in [-0.1, -0.05) is 13.8 Å². The Morgan fingerprint density at radius 2 is 1.92 bits per heavy atom. The van der Waals surface area contributed by atoms with E-state index in [1.165, 1.54) is 0 Å². The first-order valence-electron chi connectivity index (χ1n) is 8.20. The number of rotatable bonds is 6. The maximum Gasteiger partial charge on any atom is 0.255 e. The fourth-order valence-corrected chi connectivity index (χ4v) is 3.07. The molecule has 1 aromatic rings. The lowest BCUT2D eigenvalue weighted by Crippen LogP contribution is -2.60. The number of carbonyl (C=O) groups is 2. The number of piperidine rings is 1. The van der Waals surface area contributed by atoms with E-state index in [9.17, 15) is 14.7 Å². The van der Waals surface area contributed by atoms with Gasteiger partial charge in [0, 0.05) is 31.2 Å². The summed E-state index contributed by atoms with van der Waals surface area (Å²) < 4.78 is 10.3. The first-order chi connectivity index (χ1) is 11.7. The number of hydrogen-bond acceptors (Lipinski definition) is 5. The molecule has 0 saturated carbocycles. The highest BCUT2D eigenvalue weighted by Gasteiger charge is 2.48. The quantitative estimate of drug-likeness (QED) is 0.790. The minimum atomic E-state index is -0.953. The van der Waals surface area contributed by atoms with Gasteiger partial charge >= 0.3 is 0 Å². The molecule has 1 atom stereocenters. The SMILES string of the molecule is COC[C@]1(O)CCN(C(=O)c2ccc(OCC(N)=O)cc2)CC1(C)C. The monoisotopic (exact) mass is 350 g/mol. The van der Waals surface area contributed by atoms with Crippen LogP contribution in [0, 0.1) is 5.41 Å². The van der Waals surface area contributed by atoms with Gasteiger partial charge in [0.25, 0.3) is 11.8 Å². The highest BCUT2D eigenvalue weighted by atomic mass is 16.5. The molecular weight excluding hydrogens is 324 g/mol. The first kappa shape index (κ1) is 19.2. The summed E-state index contributed by atoms with van der Waals surface area (Å²) in [4.78, 5) is 25.2. The molecule has 1 fully saturated rings. The number of carbonyl (C=O) groups excluding carboxylic acids is 2. The summed E-state index contributed by atoms with van der Waals surface area (Å²) >= 11 is 0. The van der Waals surface area contributed by atoms with Crippen LogP contribution in [0.2, 0.25) is 0 Å². The van der Waals surface area contributed by atoms with Gasteiger partial charge in [-0.2, -0.15) is 0 Å². The minimum absolute atomic E-state index is 0.103. The third-order valence-corrected chi connectivity index (χ3v) is 4.79. The third kappa shape index (κ3) is 4.29. The maximum atomic E-state index is 12.7. The number of aliphatic hydroxyl groups is 1. The zero-order chi connectivity index (χ0) is 18.7. The summed E-state index contributed by atoms with van der Waals surface area (Å²) in [6.45, 7) is 4.81. The number of benzene rings is 1. The van der Waals surface area contributed by atoms with Crippen molar-refractivity contribution in [2.45, 2.75) is 25.9 Å². The second kappa shape index (κ2) is 7.41. The van der Waals surface area contributed by atoms with E-state index in [2.05, 4.69) is 0 Å². The van der Waals surface area contributed by atoms with Crippen LogP contribution < -0.4 is 10.5 Å². The molecule has 0 bridgehead atoms. The molecular formula is C18H26N2O5. The minimum Gasteiger partial charge on any atom is -0.484 e. The molecule has 3 N–H and O–H groups in total. The van der Waals surface area contributed by atoms with Gasteiger partial charge in [-0.05, 0) is 30.7 Å². The van der Waals surface area contributed by atoms with Crippen LogP contribution in [0.25, 0.3) is 0 Å². The average Bonchev–Trinajstić information content (AvgIpc) is 2.55. The number of methoxy groups -OCH3 is 1. The molecule has 1 aromatic carbocycles. The predicted octanol–water partition coefficient (Wildman–Crippen LogP) is 0.800. The van der Waals surface area contributed by atoms with Crippen LogP contribution in [-0.4, -0.2) is 60.8 Å². The lowest BCUT2D eigenvalue weighted by molar-refractivity contribution is -0.144. The molecule has 0 aromatic heterocycles. The summed E-state index contributed by atoms with van der Waals surface area (Å²) in [5, 5.41) is 10.8. The number of primary amides is 1. The third-order valence-electron chi connectivity index (χ3n) is 4.79. The maximum absolute atomic E-state index is 12.7. The molecule has 2 amide bonds. The lowest BCUT2D eigenvalue weighted by atomic mass is 9.70. The summed E-state index contributed by atoms with van der Waals surface area (Å²) in [7, 11) is 1.56. The van der Waals surface area contributed by atoms with Gasteiger partial charge in [0.05, 0.1) is 12.2 Å². The Morgan fingerprint density at radius 3 is 2.44 bits per heavy atom. The van der Waals surface area contributed by atoms with E-state index in [4.69, 9.17) is 15.2 Å². The highest BCUT2D eigenvalue weighted by Crippen LogP contribution is 2.39. The van der Waals surface area contributed by atoms with Crippen molar-refractivity contribution in [3.8, 4) is 5.75 Å². The molecule has 1 saturated heterocycles. The van der Waals surface area contributed by atoms with E-state index in [1.807, 2.05) is 13.8 Å². The number of nitrogens with two attached hydrogens (primary N) is 1. The second-order valence-corrected chi connectivity index (χ2v) is 7.10. The lowest BCUT2D eigenvalue weighted by Gasteiger charge is -2.49. The van der Waals surface area contributed by atoms with Crippen molar-refractivity contribution in [1.29, 1.82) is 0 Å². The van der Waals surface area contributed by atoms with Gasteiger partial charge in [0.2, 0.25) is 0 Å². The van der Waals surface area contributed by atoms with E-state index in [1.54, 1.807) is 36.3 Å². The molecule has 7 heteroatoms. The van der Waals surface area contributed by atoms with E-state index in [0.29, 0.717) is 30.8 Å². The number of amides is 2. The van der Waals surface area contributed by atoms with Crippen molar-refractivity contribution < 1.29 is 24.2 Å². The predicted molar refractivity (Wildman–Crippen MR) is 92.3 cm³/mol. The topological polar surface area (TPSA) is 102 Å². The van der Waals surface area contributed by atoms with Crippen molar-refractivity contribution in [2.24, 2.45) is 11.1 Å². The zero-order valence-electron chi connectivity index (χ0n) is 14.9. The van der Waals surface area contributed by atoms with Crippen LogP contribution in [0.1, 0.15) is 30.6 Å². The molecule has 138 valence electrons. The van der Waals surface area contributed by atoms with Crippen LogP contribution in [0.3, 0.4) is 0 Å². The molecule has 1 aliphatic rings. The smallest absolute Gasteiger partial charge is 0.255 e. The van der Waals surface area contributed by atoms with Crippen LogP contribution >= 0.6 is 0 Å². The second-order valence-electron chi connectivity index (χ2n) is 7.10. The van der Waals surface area contributed by atoms with Crippen molar-refractivity contribution in [3.63, 3.8) is 0 Å². The van der Waals surface area contributed by atoms with Crippen molar-refractivity contribution >= 4 is 11.8 Å². The van der Waals surface area contributed by atoms with Crippen molar-refractivity contribution in [2.75, 3.05) is 33.4 Å². The Labute approximate surface area is 147 Å². The Hall–Kier alpha value is -2.12. The Kier molecular flexibility index (Phi) is 5.69. The fourth-order valence-electron chi connectivity index (χ4n) is 3.07. The number of nitrogens with zero attached hydrogens (tertiary/aromatic N) is 1. The molecule has 0 unspecified atom stereocenters. The van der Waals surface area contributed by atoms with E-state index in [0.717, 1.165) is 0 Å². The highest BCUT2D eigenvalue weighted by molar-refractivity contribution is 5.94. The number of likely N-dealkylation sites (tertiary alicyclic amines) is 1. The van der Waals surface area contributed by atoms with Gasteiger partial charge in [-0.15, -0.1) is 0 Å². The molecule has 25 heavy (non-hydrogen) atoms. The molecule has 0 radical (unpaired) electrons. The van der Waals surface area contributed by atoms with Gasteiger partial charge < -0.3 is 25.2 Å². The summed E-state index contributed by atoms with van der Waals surface area (Å²) in [5.41, 5.74) is 4.12. The zero-order valence-corrected chi connectivity index (χ0v) is 14.9. The molecule has 1 aliphatic heterocycles.